The Hall–Kier alpha value is -2.24. The van der Waals surface area contributed by atoms with Crippen molar-refractivity contribution < 1.29 is 9.59 Å². The van der Waals surface area contributed by atoms with Gasteiger partial charge in [0.05, 0.1) is 5.56 Å². The van der Waals surface area contributed by atoms with E-state index in [4.69, 9.17) is 0 Å². The summed E-state index contributed by atoms with van der Waals surface area (Å²) in [6, 6.07) is 5.97. The van der Waals surface area contributed by atoms with Gasteiger partial charge in [-0.3, -0.25) is 4.79 Å². The van der Waals surface area contributed by atoms with Crippen LogP contribution in [-0.2, 0) is 0 Å². The first-order chi connectivity index (χ1) is 15.1. The normalized spacial score (nSPS) is 21.1. The second kappa shape index (κ2) is 10.4. The highest BCUT2D eigenvalue weighted by atomic mass is 16.2. The third kappa shape index (κ3) is 5.72. The molecule has 2 aliphatic heterocycles. The summed E-state index contributed by atoms with van der Waals surface area (Å²) in [7, 11) is 0. The average Bonchev–Trinajstić information content (AvgIpc) is 2.80. The number of rotatable bonds is 4. The maximum Gasteiger partial charge on any atom is 0.319 e. The van der Waals surface area contributed by atoms with Crippen molar-refractivity contribution in [3.63, 3.8) is 0 Å². The van der Waals surface area contributed by atoms with Crippen LogP contribution in [0, 0.1) is 5.92 Å². The predicted octanol–water partition coefficient (Wildman–Crippen LogP) is 5.00. The molecule has 1 saturated carbocycles. The molecule has 2 N–H and O–H groups in total. The monoisotopic (exact) mass is 426 g/mol. The average molecular weight is 427 g/mol. The number of benzene rings is 1. The first-order valence-corrected chi connectivity index (χ1v) is 12.4. The van der Waals surface area contributed by atoms with E-state index < -0.39 is 0 Å². The predicted molar refractivity (Wildman–Crippen MR) is 126 cm³/mol. The van der Waals surface area contributed by atoms with Gasteiger partial charge in [-0.1, -0.05) is 26.2 Å². The fraction of sp³-hybridized carbons (Fsp3) is 0.680. The number of anilines is 2. The van der Waals surface area contributed by atoms with Crippen LogP contribution in [0.2, 0.25) is 0 Å². The fourth-order valence-electron chi connectivity index (χ4n) is 5.18. The highest BCUT2D eigenvalue weighted by Crippen LogP contribution is 2.30. The van der Waals surface area contributed by atoms with Gasteiger partial charge in [0.1, 0.15) is 0 Å². The Labute approximate surface area is 186 Å². The zero-order valence-corrected chi connectivity index (χ0v) is 19.0. The van der Waals surface area contributed by atoms with Crippen LogP contribution in [0.3, 0.4) is 0 Å². The van der Waals surface area contributed by atoms with Crippen molar-refractivity contribution in [1.29, 1.82) is 0 Å². The van der Waals surface area contributed by atoms with Crippen LogP contribution in [0.4, 0.5) is 16.2 Å². The lowest BCUT2D eigenvalue weighted by Crippen LogP contribution is -2.39. The summed E-state index contributed by atoms with van der Waals surface area (Å²) in [6.07, 6.45) is 11.4. The highest BCUT2D eigenvalue weighted by Gasteiger charge is 2.26. The minimum absolute atomic E-state index is 0.102. The molecule has 0 unspecified atom stereocenters. The first-order valence-electron chi connectivity index (χ1n) is 12.4. The number of hydrogen-bond donors (Lipinski definition) is 2. The molecule has 1 aromatic rings. The van der Waals surface area contributed by atoms with Crippen molar-refractivity contribution >= 4 is 23.3 Å². The highest BCUT2D eigenvalue weighted by molar-refractivity contribution is 6.02. The zero-order chi connectivity index (χ0) is 21.6. The summed E-state index contributed by atoms with van der Waals surface area (Å²) in [4.78, 5) is 30.3. The molecule has 3 fully saturated rings. The van der Waals surface area contributed by atoms with Crippen LogP contribution in [0.1, 0.15) is 81.5 Å². The van der Waals surface area contributed by atoms with E-state index in [1.165, 1.54) is 25.7 Å². The molecule has 6 nitrogen and oxygen atoms in total. The standard InChI is InChI=1S/C25H38N4O2/c1-19-12-16-28(17-13-19)23-11-10-21(27-25(31)26-20-8-4-2-5-9-20)18-22(23)24(30)29-14-6-3-7-15-29/h10-11,18-20H,2-9,12-17H2,1H3,(H2,26,27,31). The number of likely N-dealkylation sites (tertiary alicyclic amines) is 1. The number of nitrogens with one attached hydrogen (secondary N) is 2. The van der Waals surface area contributed by atoms with E-state index in [0.29, 0.717) is 5.69 Å². The van der Waals surface area contributed by atoms with E-state index >= 15 is 0 Å². The topological polar surface area (TPSA) is 64.7 Å². The number of carbonyl (C=O) groups is 2. The van der Waals surface area contributed by atoms with E-state index in [1.54, 1.807) is 0 Å². The lowest BCUT2D eigenvalue weighted by Gasteiger charge is -2.35. The Morgan fingerprint density at radius 3 is 2.26 bits per heavy atom. The lowest BCUT2D eigenvalue weighted by atomic mass is 9.96. The molecule has 2 saturated heterocycles. The van der Waals surface area contributed by atoms with Crippen molar-refractivity contribution in [3.8, 4) is 0 Å². The molecular weight excluding hydrogens is 388 g/mol. The van der Waals surface area contributed by atoms with Crippen LogP contribution in [-0.4, -0.2) is 49.1 Å². The van der Waals surface area contributed by atoms with Gasteiger partial charge in [-0.05, 0) is 69.1 Å². The van der Waals surface area contributed by atoms with Gasteiger partial charge in [0.2, 0.25) is 0 Å². The van der Waals surface area contributed by atoms with Gasteiger partial charge >= 0.3 is 6.03 Å². The number of piperidine rings is 2. The fourth-order valence-corrected chi connectivity index (χ4v) is 5.18. The van der Waals surface area contributed by atoms with E-state index in [0.717, 1.165) is 81.9 Å². The SMILES string of the molecule is CC1CCN(c2ccc(NC(=O)NC3CCCCC3)cc2C(=O)N2CCCCC2)CC1. The minimum atomic E-state index is -0.164. The van der Waals surface area contributed by atoms with Gasteiger partial charge in [-0.2, -0.15) is 0 Å². The van der Waals surface area contributed by atoms with E-state index in [9.17, 15) is 9.59 Å². The smallest absolute Gasteiger partial charge is 0.319 e. The molecule has 3 amide bonds. The molecule has 31 heavy (non-hydrogen) atoms. The largest absolute Gasteiger partial charge is 0.371 e. The van der Waals surface area contributed by atoms with Crippen LogP contribution in [0.5, 0.6) is 0 Å². The Bertz CT molecular complexity index is 761. The molecule has 4 rings (SSSR count). The summed E-state index contributed by atoms with van der Waals surface area (Å²) in [5.41, 5.74) is 2.44. The quantitative estimate of drug-likeness (QED) is 0.712. The summed E-state index contributed by atoms with van der Waals surface area (Å²) in [5.74, 6) is 0.839. The van der Waals surface area contributed by atoms with Gasteiger partial charge in [0.15, 0.2) is 0 Å². The van der Waals surface area contributed by atoms with E-state index in [2.05, 4.69) is 22.5 Å². The molecule has 0 spiro atoms. The van der Waals surface area contributed by atoms with Crippen molar-refractivity contribution in [2.45, 2.75) is 77.2 Å². The molecule has 6 heteroatoms. The van der Waals surface area contributed by atoms with Crippen molar-refractivity contribution in [2.75, 3.05) is 36.4 Å². The third-order valence-corrected chi connectivity index (χ3v) is 7.19. The van der Waals surface area contributed by atoms with Crippen molar-refractivity contribution in [2.24, 2.45) is 5.92 Å². The second-order valence-electron chi connectivity index (χ2n) is 9.69. The Morgan fingerprint density at radius 2 is 1.55 bits per heavy atom. The number of urea groups is 1. The van der Waals surface area contributed by atoms with Gasteiger partial charge < -0.3 is 20.4 Å². The second-order valence-corrected chi connectivity index (χ2v) is 9.69. The zero-order valence-electron chi connectivity index (χ0n) is 19.0. The lowest BCUT2D eigenvalue weighted by molar-refractivity contribution is 0.0725. The molecule has 0 radical (unpaired) electrons. The molecule has 2 heterocycles. The molecule has 170 valence electrons. The number of amides is 3. The van der Waals surface area contributed by atoms with Crippen LogP contribution in [0.25, 0.3) is 0 Å². The third-order valence-electron chi connectivity index (χ3n) is 7.19. The van der Waals surface area contributed by atoms with Gasteiger partial charge in [-0.25, -0.2) is 4.79 Å². The van der Waals surface area contributed by atoms with Crippen LogP contribution in [0.15, 0.2) is 18.2 Å². The van der Waals surface area contributed by atoms with E-state index in [-0.39, 0.29) is 18.0 Å². The number of carbonyl (C=O) groups excluding carboxylic acids is 2. The Morgan fingerprint density at radius 1 is 0.871 bits per heavy atom. The van der Waals surface area contributed by atoms with Crippen molar-refractivity contribution in [3.05, 3.63) is 23.8 Å². The van der Waals surface area contributed by atoms with Crippen LogP contribution >= 0.6 is 0 Å². The maximum atomic E-state index is 13.5. The summed E-state index contributed by atoms with van der Waals surface area (Å²) in [5, 5.41) is 6.09. The molecule has 0 bridgehead atoms. The van der Waals surface area contributed by atoms with Gasteiger partial charge in [0.25, 0.3) is 5.91 Å². The number of hydrogen-bond acceptors (Lipinski definition) is 3. The summed E-state index contributed by atoms with van der Waals surface area (Å²) < 4.78 is 0. The summed E-state index contributed by atoms with van der Waals surface area (Å²) in [6.45, 7) is 5.92. The Balaban J connectivity index is 1.51. The molecule has 1 aliphatic carbocycles. The summed E-state index contributed by atoms with van der Waals surface area (Å²) >= 11 is 0. The Kier molecular flexibility index (Phi) is 7.36. The van der Waals surface area contributed by atoms with Gasteiger partial charge in [0, 0.05) is 43.6 Å². The number of nitrogens with zero attached hydrogens (tertiary/aromatic N) is 2. The molecule has 0 aromatic heterocycles. The van der Waals surface area contributed by atoms with Crippen LogP contribution < -0.4 is 15.5 Å². The van der Waals surface area contributed by atoms with Crippen molar-refractivity contribution in [1.82, 2.24) is 10.2 Å². The van der Waals surface area contributed by atoms with Gasteiger partial charge in [-0.15, -0.1) is 0 Å². The maximum absolute atomic E-state index is 13.5. The molecule has 3 aliphatic rings. The van der Waals surface area contributed by atoms with E-state index in [1.807, 2.05) is 23.1 Å². The molecular formula is C25H38N4O2. The molecule has 1 aromatic carbocycles. The minimum Gasteiger partial charge on any atom is -0.371 e. The first kappa shape index (κ1) is 22.0. The molecule has 0 atom stereocenters.